The summed E-state index contributed by atoms with van der Waals surface area (Å²) in [5.41, 5.74) is 0.310. The van der Waals surface area contributed by atoms with E-state index in [0.29, 0.717) is 0 Å². The van der Waals surface area contributed by atoms with Crippen LogP contribution in [0.25, 0.3) is 5.82 Å². The molecule has 2 heterocycles. The summed E-state index contributed by atoms with van der Waals surface area (Å²) in [5.74, 6) is 0.753. The van der Waals surface area contributed by atoms with Crippen LogP contribution in [0.3, 0.4) is 0 Å². The van der Waals surface area contributed by atoms with E-state index in [1.54, 1.807) is 17.2 Å². The number of aromatic nitrogens is 4. The molecule has 7 nitrogen and oxygen atoms in total. The van der Waals surface area contributed by atoms with Crippen LogP contribution in [0.5, 0.6) is 0 Å². The lowest BCUT2D eigenvalue weighted by molar-refractivity contribution is 0.0506. The Bertz CT molecular complexity index is 623. The predicted molar refractivity (Wildman–Crippen MR) is 78.1 cm³/mol. The third-order valence-electron chi connectivity index (χ3n) is 2.79. The molecule has 1 atom stereocenters. The third-order valence-corrected chi connectivity index (χ3v) is 2.79. The van der Waals surface area contributed by atoms with Gasteiger partial charge in [0.2, 0.25) is 0 Å². The van der Waals surface area contributed by atoms with Crippen molar-refractivity contribution in [2.24, 2.45) is 7.05 Å². The average molecular weight is 291 g/mol. The Hall–Kier alpha value is -2.31. The summed E-state index contributed by atoms with van der Waals surface area (Å²) in [7, 11) is 1.85. The van der Waals surface area contributed by atoms with Gasteiger partial charge in [0, 0.05) is 19.3 Å². The Kier molecular flexibility index (Phi) is 4.02. The Balaban J connectivity index is 2.12. The molecule has 2 rings (SSSR count). The van der Waals surface area contributed by atoms with E-state index >= 15 is 0 Å². The van der Waals surface area contributed by atoms with Gasteiger partial charge in [0.25, 0.3) is 0 Å². The van der Waals surface area contributed by atoms with Crippen LogP contribution >= 0.6 is 0 Å². The van der Waals surface area contributed by atoms with E-state index in [0.717, 1.165) is 11.5 Å². The fraction of sp³-hybridized carbons (Fsp3) is 0.500. The van der Waals surface area contributed by atoms with Crippen molar-refractivity contribution in [3.63, 3.8) is 0 Å². The molecule has 0 saturated heterocycles. The fourth-order valence-electron chi connectivity index (χ4n) is 1.91. The largest absolute Gasteiger partial charge is 0.444 e. The van der Waals surface area contributed by atoms with Gasteiger partial charge >= 0.3 is 6.09 Å². The Morgan fingerprint density at radius 1 is 1.43 bits per heavy atom. The maximum absolute atomic E-state index is 11.8. The number of carbonyl (C=O) groups is 1. The number of carbonyl (C=O) groups excluding carboxylic acids is 1. The molecule has 0 aromatic carbocycles. The molecule has 0 aliphatic heterocycles. The lowest BCUT2D eigenvalue weighted by atomic mass is 10.2. The smallest absolute Gasteiger partial charge is 0.408 e. The first-order chi connectivity index (χ1) is 9.76. The fourth-order valence-corrected chi connectivity index (χ4v) is 1.91. The molecule has 1 amide bonds. The van der Waals surface area contributed by atoms with Crippen LogP contribution in [0.2, 0.25) is 0 Å². The summed E-state index contributed by atoms with van der Waals surface area (Å²) >= 11 is 0. The first-order valence-corrected chi connectivity index (χ1v) is 6.78. The van der Waals surface area contributed by atoms with Crippen molar-refractivity contribution in [1.82, 2.24) is 24.6 Å². The Morgan fingerprint density at radius 3 is 2.71 bits per heavy atom. The molecule has 0 spiro atoms. The first kappa shape index (κ1) is 15.1. The molecule has 0 fully saturated rings. The number of alkyl carbamates (subject to hydrolysis) is 1. The van der Waals surface area contributed by atoms with Gasteiger partial charge in [-0.3, -0.25) is 9.25 Å². The molecule has 2 aromatic heterocycles. The highest BCUT2D eigenvalue weighted by atomic mass is 16.6. The maximum atomic E-state index is 11.8. The summed E-state index contributed by atoms with van der Waals surface area (Å²) < 4.78 is 8.81. The molecule has 0 saturated carbocycles. The zero-order valence-electron chi connectivity index (χ0n) is 13.0. The van der Waals surface area contributed by atoms with Gasteiger partial charge in [-0.1, -0.05) is 0 Å². The second-order valence-corrected chi connectivity index (χ2v) is 5.90. The molecule has 0 bridgehead atoms. The number of ether oxygens (including phenoxy) is 1. The highest BCUT2D eigenvalue weighted by Gasteiger charge is 2.20. The standard InChI is InChI=1S/C14H21N5O2/c1-10(16-13(20)21-14(2,3)4)11-8-15-9-19(11)12-6-7-18(5)17-12/h6-10H,1-5H3,(H,16,20)/t10-/m0/s1. The van der Waals surface area contributed by atoms with E-state index in [9.17, 15) is 4.79 Å². The SMILES string of the molecule is C[C@H](NC(=O)OC(C)(C)C)c1cncn1-c1ccn(C)n1. The van der Waals surface area contributed by atoms with Gasteiger partial charge in [-0.2, -0.15) is 5.10 Å². The molecular weight excluding hydrogens is 270 g/mol. The van der Waals surface area contributed by atoms with Crippen molar-refractivity contribution in [2.45, 2.75) is 39.3 Å². The minimum absolute atomic E-state index is 0.246. The van der Waals surface area contributed by atoms with Crippen LogP contribution in [0.4, 0.5) is 4.79 Å². The minimum atomic E-state index is -0.523. The number of amides is 1. The molecule has 0 aliphatic carbocycles. The van der Waals surface area contributed by atoms with Gasteiger partial charge < -0.3 is 10.1 Å². The highest BCUT2D eigenvalue weighted by molar-refractivity contribution is 5.68. The van der Waals surface area contributed by atoms with Crippen molar-refractivity contribution >= 4 is 6.09 Å². The second kappa shape index (κ2) is 5.59. The van der Waals surface area contributed by atoms with E-state index in [-0.39, 0.29) is 6.04 Å². The number of aryl methyl sites for hydroxylation is 1. The van der Waals surface area contributed by atoms with E-state index in [1.165, 1.54) is 0 Å². The average Bonchev–Trinajstić information content (AvgIpc) is 2.93. The predicted octanol–water partition coefficient (Wildman–Crippen LogP) is 2.19. The van der Waals surface area contributed by atoms with Crippen LogP contribution in [0, 0.1) is 0 Å². The van der Waals surface area contributed by atoms with Crippen LogP contribution < -0.4 is 5.32 Å². The molecule has 1 N–H and O–H groups in total. The van der Waals surface area contributed by atoms with E-state index in [1.807, 2.05) is 51.6 Å². The zero-order valence-corrected chi connectivity index (χ0v) is 13.0. The monoisotopic (exact) mass is 291 g/mol. The normalized spacial score (nSPS) is 13.0. The van der Waals surface area contributed by atoms with Crippen LogP contribution in [-0.2, 0) is 11.8 Å². The number of rotatable bonds is 3. The molecular formula is C14H21N5O2. The Labute approximate surface area is 123 Å². The summed E-state index contributed by atoms with van der Waals surface area (Å²) in [4.78, 5) is 16.0. The number of nitrogens with one attached hydrogen (secondary N) is 1. The number of nitrogens with zero attached hydrogens (tertiary/aromatic N) is 4. The number of imidazole rings is 1. The molecule has 2 aromatic rings. The van der Waals surface area contributed by atoms with Gasteiger partial charge in [-0.05, 0) is 27.7 Å². The van der Waals surface area contributed by atoms with Gasteiger partial charge in [-0.15, -0.1) is 0 Å². The summed E-state index contributed by atoms with van der Waals surface area (Å²) in [6, 6.07) is 1.63. The molecule has 0 radical (unpaired) electrons. The number of hydrogen-bond donors (Lipinski definition) is 1. The van der Waals surface area contributed by atoms with Crippen molar-refractivity contribution in [3.05, 3.63) is 30.5 Å². The lowest BCUT2D eigenvalue weighted by Gasteiger charge is -2.22. The molecule has 7 heteroatoms. The van der Waals surface area contributed by atoms with Crippen LogP contribution in [0.1, 0.15) is 39.4 Å². The first-order valence-electron chi connectivity index (χ1n) is 6.78. The lowest BCUT2D eigenvalue weighted by Crippen LogP contribution is -2.34. The van der Waals surface area contributed by atoms with Crippen LogP contribution in [0.15, 0.2) is 24.8 Å². The van der Waals surface area contributed by atoms with Gasteiger partial charge in [0.1, 0.15) is 11.9 Å². The van der Waals surface area contributed by atoms with E-state index < -0.39 is 11.7 Å². The maximum Gasteiger partial charge on any atom is 0.408 e. The van der Waals surface area contributed by atoms with Gasteiger partial charge in [-0.25, -0.2) is 9.78 Å². The summed E-state index contributed by atoms with van der Waals surface area (Å²) in [6.45, 7) is 7.36. The molecule has 114 valence electrons. The Morgan fingerprint density at radius 2 is 2.14 bits per heavy atom. The third kappa shape index (κ3) is 3.84. The quantitative estimate of drug-likeness (QED) is 0.940. The van der Waals surface area contributed by atoms with Gasteiger partial charge in [0.05, 0.1) is 17.9 Å². The van der Waals surface area contributed by atoms with Crippen molar-refractivity contribution < 1.29 is 9.53 Å². The van der Waals surface area contributed by atoms with Gasteiger partial charge in [0.15, 0.2) is 5.82 Å². The summed E-state index contributed by atoms with van der Waals surface area (Å²) in [6.07, 6.45) is 4.77. The number of hydrogen-bond acceptors (Lipinski definition) is 4. The summed E-state index contributed by atoms with van der Waals surface area (Å²) in [5, 5.41) is 7.13. The zero-order chi connectivity index (χ0) is 15.6. The molecule has 0 aliphatic rings. The molecule has 0 unspecified atom stereocenters. The molecule has 21 heavy (non-hydrogen) atoms. The van der Waals surface area contributed by atoms with Crippen molar-refractivity contribution in [3.8, 4) is 5.82 Å². The van der Waals surface area contributed by atoms with Crippen molar-refractivity contribution in [1.29, 1.82) is 0 Å². The van der Waals surface area contributed by atoms with Crippen molar-refractivity contribution in [2.75, 3.05) is 0 Å². The minimum Gasteiger partial charge on any atom is -0.444 e. The highest BCUT2D eigenvalue weighted by Crippen LogP contribution is 2.17. The topological polar surface area (TPSA) is 74.0 Å². The van der Waals surface area contributed by atoms with E-state index in [2.05, 4.69) is 15.4 Å². The van der Waals surface area contributed by atoms with E-state index in [4.69, 9.17) is 4.74 Å². The second-order valence-electron chi connectivity index (χ2n) is 5.90. The van der Waals surface area contributed by atoms with Crippen LogP contribution in [-0.4, -0.2) is 31.0 Å².